The number of para-hydroxylation sites is 1. The van der Waals surface area contributed by atoms with Gasteiger partial charge >= 0.3 is 0 Å². The zero-order valence-corrected chi connectivity index (χ0v) is 10.8. The van der Waals surface area contributed by atoms with Gasteiger partial charge in [-0.3, -0.25) is 4.98 Å². The van der Waals surface area contributed by atoms with E-state index in [1.165, 1.54) is 6.07 Å². The monoisotopic (exact) mass is 261 g/mol. The summed E-state index contributed by atoms with van der Waals surface area (Å²) in [7, 11) is 0. The number of nitrogens with zero attached hydrogens (tertiary/aromatic N) is 2. The van der Waals surface area contributed by atoms with Gasteiger partial charge in [0, 0.05) is 6.54 Å². The van der Waals surface area contributed by atoms with Crippen molar-refractivity contribution >= 4 is 5.82 Å². The number of nitrogens with one attached hydrogen (secondary N) is 1. The summed E-state index contributed by atoms with van der Waals surface area (Å²) in [5.74, 6) is 0.575. The lowest BCUT2D eigenvalue weighted by atomic mass is 10.3. The SMILES string of the molecule is CCCNc1cnc(COc2ccccc2F)cn1. The first kappa shape index (κ1) is 13.3. The fourth-order valence-electron chi connectivity index (χ4n) is 1.49. The van der Waals surface area contributed by atoms with Crippen molar-refractivity contribution in [1.82, 2.24) is 9.97 Å². The summed E-state index contributed by atoms with van der Waals surface area (Å²) in [6.07, 6.45) is 4.30. The molecule has 0 amide bonds. The normalized spacial score (nSPS) is 10.2. The van der Waals surface area contributed by atoms with E-state index in [9.17, 15) is 4.39 Å². The van der Waals surface area contributed by atoms with Crippen LogP contribution in [0.1, 0.15) is 19.0 Å². The van der Waals surface area contributed by atoms with Crippen molar-refractivity contribution < 1.29 is 9.13 Å². The summed E-state index contributed by atoms with van der Waals surface area (Å²) in [5, 5.41) is 3.13. The van der Waals surface area contributed by atoms with Crippen LogP contribution in [-0.4, -0.2) is 16.5 Å². The third kappa shape index (κ3) is 3.91. The number of ether oxygens (including phenoxy) is 1. The predicted octanol–water partition coefficient (Wildman–Crippen LogP) is 3.02. The second-order valence-corrected chi connectivity index (χ2v) is 4.04. The lowest BCUT2D eigenvalue weighted by Gasteiger charge is -2.07. The van der Waals surface area contributed by atoms with Gasteiger partial charge < -0.3 is 10.1 Å². The van der Waals surface area contributed by atoms with E-state index in [1.54, 1.807) is 30.6 Å². The average Bonchev–Trinajstić information content (AvgIpc) is 2.45. The van der Waals surface area contributed by atoms with E-state index in [0.29, 0.717) is 5.69 Å². The Hall–Kier alpha value is -2.17. The van der Waals surface area contributed by atoms with E-state index in [-0.39, 0.29) is 18.2 Å². The third-order valence-electron chi connectivity index (χ3n) is 2.47. The van der Waals surface area contributed by atoms with Gasteiger partial charge in [-0.25, -0.2) is 9.37 Å². The van der Waals surface area contributed by atoms with Crippen LogP contribution in [0.4, 0.5) is 10.2 Å². The molecule has 0 aliphatic carbocycles. The van der Waals surface area contributed by atoms with Gasteiger partial charge in [0.1, 0.15) is 12.4 Å². The van der Waals surface area contributed by atoms with Crippen LogP contribution in [-0.2, 0) is 6.61 Å². The lowest BCUT2D eigenvalue weighted by Crippen LogP contribution is -2.05. The average molecular weight is 261 g/mol. The Bertz CT molecular complexity index is 516. The molecule has 1 heterocycles. The van der Waals surface area contributed by atoms with Crippen LogP contribution in [0.5, 0.6) is 5.75 Å². The summed E-state index contributed by atoms with van der Waals surface area (Å²) in [6.45, 7) is 3.14. The number of benzene rings is 1. The third-order valence-corrected chi connectivity index (χ3v) is 2.47. The number of aromatic nitrogens is 2. The number of anilines is 1. The highest BCUT2D eigenvalue weighted by Gasteiger charge is 2.03. The maximum Gasteiger partial charge on any atom is 0.165 e. The quantitative estimate of drug-likeness (QED) is 0.868. The lowest BCUT2D eigenvalue weighted by molar-refractivity contribution is 0.285. The minimum Gasteiger partial charge on any atom is -0.484 e. The molecule has 1 aromatic heterocycles. The minimum atomic E-state index is -0.378. The first-order valence-corrected chi connectivity index (χ1v) is 6.21. The summed E-state index contributed by atoms with van der Waals surface area (Å²) >= 11 is 0. The molecule has 5 heteroatoms. The predicted molar refractivity (Wildman–Crippen MR) is 71.5 cm³/mol. The zero-order valence-electron chi connectivity index (χ0n) is 10.8. The van der Waals surface area contributed by atoms with Crippen molar-refractivity contribution in [3.63, 3.8) is 0 Å². The maximum absolute atomic E-state index is 13.3. The minimum absolute atomic E-state index is 0.196. The second-order valence-electron chi connectivity index (χ2n) is 4.04. The van der Waals surface area contributed by atoms with Gasteiger partial charge in [-0.2, -0.15) is 0 Å². The summed E-state index contributed by atoms with van der Waals surface area (Å²) in [4.78, 5) is 8.41. The van der Waals surface area contributed by atoms with E-state index >= 15 is 0 Å². The molecule has 0 spiro atoms. The molecule has 0 atom stereocenters. The van der Waals surface area contributed by atoms with Crippen LogP contribution in [0.2, 0.25) is 0 Å². The molecule has 0 saturated heterocycles. The smallest absolute Gasteiger partial charge is 0.165 e. The van der Waals surface area contributed by atoms with Crippen LogP contribution in [0, 0.1) is 5.82 Å². The van der Waals surface area contributed by atoms with E-state index in [2.05, 4.69) is 22.2 Å². The Morgan fingerprint density at radius 2 is 2.05 bits per heavy atom. The highest BCUT2D eigenvalue weighted by molar-refractivity contribution is 5.30. The van der Waals surface area contributed by atoms with Crippen molar-refractivity contribution in [3.05, 3.63) is 48.2 Å². The Balaban J connectivity index is 1.91. The molecule has 0 aliphatic rings. The van der Waals surface area contributed by atoms with E-state index in [0.717, 1.165) is 18.8 Å². The second kappa shape index (κ2) is 6.68. The molecule has 1 N–H and O–H groups in total. The molecule has 0 radical (unpaired) electrons. The van der Waals surface area contributed by atoms with Crippen LogP contribution in [0.25, 0.3) is 0 Å². The largest absolute Gasteiger partial charge is 0.484 e. The topological polar surface area (TPSA) is 47.0 Å². The van der Waals surface area contributed by atoms with Crippen molar-refractivity contribution in [1.29, 1.82) is 0 Å². The zero-order chi connectivity index (χ0) is 13.5. The number of hydrogen-bond donors (Lipinski definition) is 1. The first-order chi connectivity index (χ1) is 9.29. The molecule has 0 saturated carbocycles. The molecule has 0 unspecified atom stereocenters. The van der Waals surface area contributed by atoms with Gasteiger partial charge in [-0.05, 0) is 18.6 Å². The molecule has 19 heavy (non-hydrogen) atoms. The van der Waals surface area contributed by atoms with Gasteiger partial charge in [0.25, 0.3) is 0 Å². The Kier molecular flexibility index (Phi) is 4.66. The number of halogens is 1. The molecule has 2 rings (SSSR count). The van der Waals surface area contributed by atoms with Crippen molar-refractivity contribution in [2.24, 2.45) is 0 Å². The van der Waals surface area contributed by atoms with Crippen LogP contribution in [0.15, 0.2) is 36.7 Å². The van der Waals surface area contributed by atoms with Crippen LogP contribution < -0.4 is 10.1 Å². The van der Waals surface area contributed by atoms with E-state index < -0.39 is 0 Å². The Morgan fingerprint density at radius 1 is 1.21 bits per heavy atom. The van der Waals surface area contributed by atoms with Gasteiger partial charge in [0.05, 0.1) is 18.1 Å². The fourth-order valence-corrected chi connectivity index (χ4v) is 1.49. The standard InChI is InChI=1S/C14H16FN3O/c1-2-7-16-14-9-17-11(8-18-14)10-19-13-6-4-3-5-12(13)15/h3-6,8-9H,2,7,10H2,1H3,(H,16,18). The summed E-state index contributed by atoms with van der Waals surface area (Å²) in [5.41, 5.74) is 0.658. The number of rotatable bonds is 6. The van der Waals surface area contributed by atoms with Gasteiger partial charge in [0.15, 0.2) is 11.6 Å². The fraction of sp³-hybridized carbons (Fsp3) is 0.286. The Labute approximate surface area is 111 Å². The molecule has 4 nitrogen and oxygen atoms in total. The molecule has 0 fully saturated rings. The van der Waals surface area contributed by atoms with Crippen molar-refractivity contribution in [3.8, 4) is 5.75 Å². The van der Waals surface area contributed by atoms with Gasteiger partial charge in [-0.15, -0.1) is 0 Å². The molecular weight excluding hydrogens is 245 g/mol. The van der Waals surface area contributed by atoms with Crippen molar-refractivity contribution in [2.75, 3.05) is 11.9 Å². The van der Waals surface area contributed by atoms with Gasteiger partial charge in [0.2, 0.25) is 0 Å². The Morgan fingerprint density at radius 3 is 2.74 bits per heavy atom. The van der Waals surface area contributed by atoms with Crippen LogP contribution >= 0.6 is 0 Å². The maximum atomic E-state index is 13.3. The molecule has 2 aromatic rings. The highest BCUT2D eigenvalue weighted by Crippen LogP contribution is 2.16. The number of hydrogen-bond acceptors (Lipinski definition) is 4. The highest BCUT2D eigenvalue weighted by atomic mass is 19.1. The van der Waals surface area contributed by atoms with Crippen molar-refractivity contribution in [2.45, 2.75) is 20.0 Å². The van der Waals surface area contributed by atoms with E-state index in [4.69, 9.17) is 4.74 Å². The van der Waals surface area contributed by atoms with Gasteiger partial charge in [-0.1, -0.05) is 19.1 Å². The summed E-state index contributed by atoms with van der Waals surface area (Å²) in [6, 6.07) is 6.29. The van der Waals surface area contributed by atoms with Crippen LogP contribution in [0.3, 0.4) is 0 Å². The van der Waals surface area contributed by atoms with E-state index in [1.807, 2.05) is 0 Å². The molecule has 0 aliphatic heterocycles. The molecular formula is C14H16FN3O. The first-order valence-electron chi connectivity index (χ1n) is 6.21. The molecule has 100 valence electrons. The molecule has 1 aromatic carbocycles. The summed E-state index contributed by atoms with van der Waals surface area (Å²) < 4.78 is 18.7. The molecule has 0 bridgehead atoms.